The monoisotopic (exact) mass is 223 g/mol. The predicted octanol–water partition coefficient (Wildman–Crippen LogP) is 2.41. The first kappa shape index (κ1) is 11.7. The lowest BCUT2D eigenvalue weighted by Gasteiger charge is -2.30. The van der Waals surface area contributed by atoms with E-state index in [1.807, 2.05) is 6.07 Å². The van der Waals surface area contributed by atoms with E-state index in [2.05, 4.69) is 11.9 Å². The molecule has 0 amide bonds. The number of likely N-dealkylation sites (N-methyl/N-ethyl adjacent to an activating group) is 1. The van der Waals surface area contributed by atoms with Gasteiger partial charge in [0.1, 0.15) is 0 Å². The molecule has 0 radical (unpaired) electrons. The summed E-state index contributed by atoms with van der Waals surface area (Å²) in [6.07, 6.45) is 9.02. The first-order valence-corrected chi connectivity index (χ1v) is 6.17. The van der Waals surface area contributed by atoms with Crippen LogP contribution in [-0.2, 0) is 6.54 Å². The van der Waals surface area contributed by atoms with Crippen LogP contribution in [0, 0.1) is 0 Å². The van der Waals surface area contributed by atoms with Crippen molar-refractivity contribution in [1.29, 1.82) is 0 Å². The molecule has 3 heteroatoms. The number of aliphatic hydroxyl groups excluding tert-OH is 1. The fourth-order valence-electron chi connectivity index (χ4n) is 2.57. The fraction of sp³-hybridized carbons (Fsp3) is 0.692. The number of hydrogen-bond acceptors (Lipinski definition) is 3. The maximum atomic E-state index is 10.1. The van der Waals surface area contributed by atoms with Crippen LogP contribution in [0.3, 0.4) is 0 Å². The van der Waals surface area contributed by atoms with Gasteiger partial charge in [0, 0.05) is 18.2 Å². The highest BCUT2D eigenvalue weighted by atomic mass is 16.3. The Labute approximate surface area is 97.1 Å². The van der Waals surface area contributed by atoms with Crippen LogP contribution in [0.5, 0.6) is 0 Å². The summed E-state index contributed by atoms with van der Waals surface area (Å²) in [6.45, 7) is 0.859. The van der Waals surface area contributed by atoms with Gasteiger partial charge in [0.25, 0.3) is 0 Å². The van der Waals surface area contributed by atoms with E-state index in [-0.39, 0.29) is 6.10 Å². The Hall–Kier alpha value is -0.800. The molecule has 0 bridgehead atoms. The highest BCUT2D eigenvalue weighted by Crippen LogP contribution is 2.22. The minimum Gasteiger partial charge on any atom is -0.472 e. The van der Waals surface area contributed by atoms with Crippen LogP contribution in [0.15, 0.2) is 23.0 Å². The van der Waals surface area contributed by atoms with Crippen molar-refractivity contribution in [2.75, 3.05) is 7.05 Å². The van der Waals surface area contributed by atoms with E-state index in [9.17, 15) is 5.11 Å². The molecule has 90 valence electrons. The molecule has 1 saturated carbocycles. The number of rotatable bonds is 3. The lowest BCUT2D eigenvalue weighted by Crippen LogP contribution is -2.40. The Morgan fingerprint density at radius 2 is 2.19 bits per heavy atom. The molecule has 0 spiro atoms. The zero-order valence-electron chi connectivity index (χ0n) is 9.93. The first-order chi connectivity index (χ1) is 7.77. The summed E-state index contributed by atoms with van der Waals surface area (Å²) >= 11 is 0. The molecule has 1 fully saturated rings. The number of furan rings is 1. The molecule has 1 aliphatic rings. The van der Waals surface area contributed by atoms with Gasteiger partial charge in [-0.05, 0) is 26.0 Å². The van der Waals surface area contributed by atoms with Crippen LogP contribution in [-0.4, -0.2) is 29.2 Å². The minimum atomic E-state index is -0.167. The zero-order valence-corrected chi connectivity index (χ0v) is 9.93. The minimum absolute atomic E-state index is 0.167. The average Bonchev–Trinajstić information content (AvgIpc) is 2.66. The van der Waals surface area contributed by atoms with E-state index in [1.54, 1.807) is 12.5 Å². The molecule has 2 unspecified atom stereocenters. The van der Waals surface area contributed by atoms with E-state index in [4.69, 9.17) is 4.42 Å². The second kappa shape index (κ2) is 5.51. The normalized spacial score (nSPS) is 26.9. The third-order valence-electron chi connectivity index (χ3n) is 3.52. The van der Waals surface area contributed by atoms with Gasteiger partial charge in [0.2, 0.25) is 0 Å². The highest BCUT2D eigenvalue weighted by Gasteiger charge is 2.25. The van der Waals surface area contributed by atoms with Gasteiger partial charge in [-0.3, -0.25) is 4.90 Å². The molecule has 1 N–H and O–H groups in total. The van der Waals surface area contributed by atoms with E-state index in [1.165, 1.54) is 18.4 Å². The van der Waals surface area contributed by atoms with Gasteiger partial charge < -0.3 is 9.52 Å². The summed E-state index contributed by atoms with van der Waals surface area (Å²) in [5, 5.41) is 10.1. The fourth-order valence-corrected chi connectivity index (χ4v) is 2.57. The van der Waals surface area contributed by atoms with Crippen LogP contribution in [0.2, 0.25) is 0 Å². The van der Waals surface area contributed by atoms with Crippen LogP contribution in [0.4, 0.5) is 0 Å². The van der Waals surface area contributed by atoms with Crippen molar-refractivity contribution in [2.45, 2.75) is 50.8 Å². The van der Waals surface area contributed by atoms with Crippen LogP contribution < -0.4 is 0 Å². The number of nitrogens with zero attached hydrogens (tertiary/aromatic N) is 1. The summed E-state index contributed by atoms with van der Waals surface area (Å²) in [5.74, 6) is 0. The standard InChI is InChI=1S/C13H21NO2/c1-14(9-11-7-8-16-10-11)12-5-3-2-4-6-13(12)15/h7-8,10,12-13,15H,2-6,9H2,1H3. The summed E-state index contributed by atoms with van der Waals surface area (Å²) in [6, 6.07) is 2.29. The van der Waals surface area contributed by atoms with Crippen molar-refractivity contribution in [3.63, 3.8) is 0 Å². The average molecular weight is 223 g/mol. The number of hydrogen-bond donors (Lipinski definition) is 1. The second-order valence-electron chi connectivity index (χ2n) is 4.82. The summed E-state index contributed by atoms with van der Waals surface area (Å²) in [7, 11) is 2.09. The van der Waals surface area contributed by atoms with E-state index in [0.717, 1.165) is 25.8 Å². The van der Waals surface area contributed by atoms with Crippen LogP contribution >= 0.6 is 0 Å². The van der Waals surface area contributed by atoms with E-state index in [0.29, 0.717) is 6.04 Å². The lowest BCUT2D eigenvalue weighted by molar-refractivity contribution is 0.0543. The Morgan fingerprint density at radius 1 is 1.38 bits per heavy atom. The molecule has 1 aromatic rings. The SMILES string of the molecule is CN(Cc1ccoc1)C1CCCCCC1O. The van der Waals surface area contributed by atoms with Gasteiger partial charge in [-0.1, -0.05) is 19.3 Å². The summed E-state index contributed by atoms with van der Waals surface area (Å²) < 4.78 is 5.07. The zero-order chi connectivity index (χ0) is 11.4. The molecule has 2 rings (SSSR count). The Bertz CT molecular complexity index is 297. The summed E-state index contributed by atoms with van der Waals surface area (Å²) in [5.41, 5.74) is 1.18. The Balaban J connectivity index is 1.94. The van der Waals surface area contributed by atoms with Gasteiger partial charge in [0.05, 0.1) is 18.6 Å². The van der Waals surface area contributed by atoms with Crippen molar-refractivity contribution in [1.82, 2.24) is 4.90 Å². The molecular formula is C13H21NO2. The summed E-state index contributed by atoms with van der Waals surface area (Å²) in [4.78, 5) is 2.25. The van der Waals surface area contributed by atoms with Crippen molar-refractivity contribution < 1.29 is 9.52 Å². The molecule has 0 aliphatic heterocycles. The van der Waals surface area contributed by atoms with Crippen LogP contribution in [0.25, 0.3) is 0 Å². The van der Waals surface area contributed by atoms with Gasteiger partial charge in [-0.25, -0.2) is 0 Å². The van der Waals surface area contributed by atoms with E-state index >= 15 is 0 Å². The van der Waals surface area contributed by atoms with Crippen molar-refractivity contribution in [2.24, 2.45) is 0 Å². The lowest BCUT2D eigenvalue weighted by atomic mass is 10.0. The van der Waals surface area contributed by atoms with Crippen molar-refractivity contribution in [3.05, 3.63) is 24.2 Å². The van der Waals surface area contributed by atoms with Crippen LogP contribution in [0.1, 0.15) is 37.7 Å². The molecule has 1 heterocycles. The molecule has 0 saturated heterocycles. The van der Waals surface area contributed by atoms with Gasteiger partial charge in [-0.2, -0.15) is 0 Å². The maximum absolute atomic E-state index is 10.1. The highest BCUT2D eigenvalue weighted by molar-refractivity contribution is 5.05. The largest absolute Gasteiger partial charge is 0.472 e. The Kier molecular flexibility index (Phi) is 4.02. The molecule has 16 heavy (non-hydrogen) atoms. The third kappa shape index (κ3) is 2.86. The van der Waals surface area contributed by atoms with Crippen molar-refractivity contribution >= 4 is 0 Å². The molecule has 1 aromatic heterocycles. The third-order valence-corrected chi connectivity index (χ3v) is 3.52. The van der Waals surface area contributed by atoms with Gasteiger partial charge in [0.15, 0.2) is 0 Å². The van der Waals surface area contributed by atoms with Gasteiger partial charge in [-0.15, -0.1) is 0 Å². The smallest absolute Gasteiger partial charge is 0.0947 e. The molecule has 2 atom stereocenters. The molecule has 0 aromatic carbocycles. The molecular weight excluding hydrogens is 202 g/mol. The Morgan fingerprint density at radius 3 is 2.94 bits per heavy atom. The molecule has 1 aliphatic carbocycles. The topological polar surface area (TPSA) is 36.6 Å². The maximum Gasteiger partial charge on any atom is 0.0947 e. The predicted molar refractivity (Wildman–Crippen MR) is 63.1 cm³/mol. The van der Waals surface area contributed by atoms with E-state index < -0.39 is 0 Å². The van der Waals surface area contributed by atoms with Gasteiger partial charge >= 0.3 is 0 Å². The quantitative estimate of drug-likeness (QED) is 0.799. The van der Waals surface area contributed by atoms with Crippen molar-refractivity contribution in [3.8, 4) is 0 Å². The molecule has 3 nitrogen and oxygen atoms in total. The second-order valence-corrected chi connectivity index (χ2v) is 4.82. The first-order valence-electron chi connectivity index (χ1n) is 6.17. The number of aliphatic hydroxyl groups is 1.